The summed E-state index contributed by atoms with van der Waals surface area (Å²) >= 11 is 1.46. The van der Waals surface area contributed by atoms with Gasteiger partial charge in [-0.1, -0.05) is 12.1 Å². The Labute approximate surface area is 84.8 Å². The summed E-state index contributed by atoms with van der Waals surface area (Å²) in [5, 5.41) is 2.56. The largest absolute Gasteiger partial charge is 0.227 e. The van der Waals surface area contributed by atoms with Gasteiger partial charge >= 0.3 is 0 Å². The van der Waals surface area contributed by atoms with Gasteiger partial charge in [0.05, 0.1) is 0 Å². The first-order chi connectivity index (χ1) is 6.84. The van der Waals surface area contributed by atoms with E-state index in [1.807, 2.05) is 5.38 Å². The fourth-order valence-electron chi connectivity index (χ4n) is 0.958. The van der Waals surface area contributed by atoms with Gasteiger partial charge in [0.1, 0.15) is 5.82 Å². The van der Waals surface area contributed by atoms with Gasteiger partial charge in [-0.3, -0.25) is 0 Å². The van der Waals surface area contributed by atoms with E-state index in [9.17, 15) is 4.39 Å². The Morgan fingerprint density at radius 2 is 2.07 bits per heavy atom. The molecule has 1 aromatic heterocycles. The minimum absolute atomic E-state index is 0.239. The van der Waals surface area contributed by atoms with Crippen molar-refractivity contribution in [1.29, 1.82) is 0 Å². The number of hydrogen-bond acceptors (Lipinski definition) is 3. The maximum atomic E-state index is 12.5. The van der Waals surface area contributed by atoms with Gasteiger partial charge in [0, 0.05) is 17.8 Å². The molecule has 0 aliphatic rings. The Morgan fingerprint density at radius 3 is 2.71 bits per heavy atom. The summed E-state index contributed by atoms with van der Waals surface area (Å²) in [6, 6.07) is 6.16. The molecule has 0 aliphatic carbocycles. The maximum absolute atomic E-state index is 12.5. The van der Waals surface area contributed by atoms with Gasteiger partial charge in [-0.2, -0.15) is 0 Å². The van der Waals surface area contributed by atoms with Gasteiger partial charge in [0.15, 0.2) is 0 Å². The van der Waals surface area contributed by atoms with Crippen LogP contribution < -0.4 is 0 Å². The molecular formula is C10H7FN2S. The van der Waals surface area contributed by atoms with Crippen molar-refractivity contribution in [2.45, 2.75) is 0 Å². The molecule has 0 unspecified atom stereocenters. The molecule has 1 heterocycles. The average Bonchev–Trinajstić information content (AvgIpc) is 2.70. The SMILES string of the molecule is Fc1ccc(C=Nc2nccs2)cc1. The van der Waals surface area contributed by atoms with Crippen LogP contribution in [0.25, 0.3) is 0 Å². The Hall–Kier alpha value is -1.55. The molecule has 2 rings (SSSR count). The third-order valence-corrected chi connectivity index (χ3v) is 2.29. The Bertz CT molecular complexity index is 420. The third-order valence-electron chi connectivity index (χ3n) is 1.61. The molecule has 0 N–H and O–H groups in total. The molecule has 1 aromatic carbocycles. The summed E-state index contributed by atoms with van der Waals surface area (Å²) in [5.74, 6) is -0.239. The van der Waals surface area contributed by atoms with Crippen LogP contribution in [-0.2, 0) is 0 Å². The van der Waals surface area contributed by atoms with E-state index in [1.165, 1.54) is 23.5 Å². The molecule has 0 aliphatic heterocycles. The quantitative estimate of drug-likeness (QED) is 0.693. The fourth-order valence-corrected chi connectivity index (χ4v) is 1.44. The van der Waals surface area contributed by atoms with E-state index in [0.29, 0.717) is 5.13 Å². The Morgan fingerprint density at radius 1 is 1.29 bits per heavy atom. The van der Waals surface area contributed by atoms with Crippen molar-refractivity contribution in [3.63, 3.8) is 0 Å². The van der Waals surface area contributed by atoms with Crippen molar-refractivity contribution in [3.8, 4) is 0 Å². The first-order valence-electron chi connectivity index (χ1n) is 4.04. The highest BCUT2D eigenvalue weighted by Crippen LogP contribution is 2.14. The van der Waals surface area contributed by atoms with Crippen molar-refractivity contribution >= 4 is 22.7 Å². The number of hydrogen-bond donors (Lipinski definition) is 0. The summed E-state index contributed by atoms with van der Waals surface area (Å²) in [6.45, 7) is 0. The summed E-state index contributed by atoms with van der Waals surface area (Å²) in [5.41, 5.74) is 0.863. The van der Waals surface area contributed by atoms with Crippen LogP contribution in [0.5, 0.6) is 0 Å². The number of benzene rings is 1. The van der Waals surface area contributed by atoms with Crippen molar-refractivity contribution in [2.24, 2.45) is 4.99 Å². The standard InChI is InChI=1S/C10H7FN2S/c11-9-3-1-8(2-4-9)7-13-10-12-5-6-14-10/h1-7H. The second-order valence-electron chi connectivity index (χ2n) is 2.62. The minimum atomic E-state index is -0.239. The molecule has 0 saturated heterocycles. The Balaban J connectivity index is 2.15. The van der Waals surface area contributed by atoms with Gasteiger partial charge in [-0.15, -0.1) is 11.3 Å². The molecule has 2 aromatic rings. The maximum Gasteiger partial charge on any atom is 0.208 e. The van der Waals surface area contributed by atoms with E-state index < -0.39 is 0 Å². The summed E-state index contributed by atoms with van der Waals surface area (Å²) in [6.07, 6.45) is 3.36. The van der Waals surface area contributed by atoms with E-state index in [1.54, 1.807) is 24.5 Å². The molecule has 14 heavy (non-hydrogen) atoms. The number of rotatable bonds is 2. The molecule has 0 fully saturated rings. The van der Waals surface area contributed by atoms with Crippen molar-refractivity contribution in [1.82, 2.24) is 4.98 Å². The van der Waals surface area contributed by atoms with Gasteiger partial charge < -0.3 is 0 Å². The molecule has 2 nitrogen and oxygen atoms in total. The second kappa shape index (κ2) is 4.11. The second-order valence-corrected chi connectivity index (χ2v) is 3.50. The van der Waals surface area contributed by atoms with E-state index in [0.717, 1.165) is 5.56 Å². The monoisotopic (exact) mass is 206 g/mol. The van der Waals surface area contributed by atoms with E-state index >= 15 is 0 Å². The van der Waals surface area contributed by atoms with E-state index in [-0.39, 0.29) is 5.82 Å². The molecule has 0 spiro atoms. The number of halogens is 1. The summed E-state index contributed by atoms with van der Waals surface area (Å²) < 4.78 is 12.5. The molecule has 0 radical (unpaired) electrons. The smallest absolute Gasteiger partial charge is 0.208 e. The van der Waals surface area contributed by atoms with Crippen molar-refractivity contribution < 1.29 is 4.39 Å². The zero-order valence-corrected chi connectivity index (χ0v) is 8.04. The van der Waals surface area contributed by atoms with Crippen LogP contribution in [0.4, 0.5) is 9.52 Å². The lowest BCUT2D eigenvalue weighted by molar-refractivity contribution is 0.628. The predicted octanol–water partition coefficient (Wildman–Crippen LogP) is 3.03. The first-order valence-corrected chi connectivity index (χ1v) is 4.92. The number of nitrogens with zero attached hydrogens (tertiary/aromatic N) is 2. The summed E-state index contributed by atoms with van der Waals surface area (Å²) in [4.78, 5) is 8.12. The lowest BCUT2D eigenvalue weighted by atomic mass is 10.2. The van der Waals surface area contributed by atoms with Crippen LogP contribution in [-0.4, -0.2) is 11.2 Å². The molecule has 4 heteroatoms. The normalized spacial score (nSPS) is 10.9. The number of thiazole rings is 1. The lowest BCUT2D eigenvalue weighted by Gasteiger charge is -1.90. The lowest BCUT2D eigenvalue weighted by Crippen LogP contribution is -1.80. The molecule has 0 amide bonds. The highest BCUT2D eigenvalue weighted by molar-refractivity contribution is 7.13. The number of aliphatic imine (C=N–C) groups is 1. The van der Waals surface area contributed by atoms with Gasteiger partial charge in [-0.25, -0.2) is 14.4 Å². The number of aromatic nitrogens is 1. The Kier molecular flexibility index (Phi) is 2.65. The van der Waals surface area contributed by atoms with Gasteiger partial charge in [0.2, 0.25) is 5.13 Å². The van der Waals surface area contributed by atoms with E-state index in [2.05, 4.69) is 9.98 Å². The highest BCUT2D eigenvalue weighted by Gasteiger charge is 1.91. The minimum Gasteiger partial charge on any atom is -0.227 e. The van der Waals surface area contributed by atoms with Crippen LogP contribution in [0.2, 0.25) is 0 Å². The fraction of sp³-hybridized carbons (Fsp3) is 0. The predicted molar refractivity (Wildman–Crippen MR) is 55.8 cm³/mol. The zero-order chi connectivity index (χ0) is 9.80. The zero-order valence-electron chi connectivity index (χ0n) is 7.22. The molecular weight excluding hydrogens is 199 g/mol. The van der Waals surface area contributed by atoms with Crippen LogP contribution in [0.3, 0.4) is 0 Å². The van der Waals surface area contributed by atoms with Crippen LogP contribution in [0.1, 0.15) is 5.56 Å². The summed E-state index contributed by atoms with van der Waals surface area (Å²) in [7, 11) is 0. The topological polar surface area (TPSA) is 25.2 Å². The molecule has 0 saturated carbocycles. The van der Waals surface area contributed by atoms with Crippen molar-refractivity contribution in [2.75, 3.05) is 0 Å². The molecule has 0 bridgehead atoms. The van der Waals surface area contributed by atoms with Gasteiger partial charge in [0.25, 0.3) is 0 Å². The highest BCUT2D eigenvalue weighted by atomic mass is 32.1. The third kappa shape index (κ3) is 2.23. The van der Waals surface area contributed by atoms with Crippen LogP contribution in [0, 0.1) is 5.82 Å². The molecule has 70 valence electrons. The average molecular weight is 206 g/mol. The van der Waals surface area contributed by atoms with Crippen LogP contribution in [0.15, 0.2) is 40.8 Å². The first kappa shape index (κ1) is 9.02. The molecule has 0 atom stereocenters. The van der Waals surface area contributed by atoms with E-state index in [4.69, 9.17) is 0 Å². The van der Waals surface area contributed by atoms with Crippen LogP contribution >= 0.6 is 11.3 Å². The van der Waals surface area contributed by atoms with Gasteiger partial charge in [-0.05, 0) is 17.7 Å². The van der Waals surface area contributed by atoms with Crippen molar-refractivity contribution in [3.05, 3.63) is 47.2 Å².